The summed E-state index contributed by atoms with van der Waals surface area (Å²) in [4.78, 5) is 14.5. The molecule has 172 valence electrons. The minimum Gasteiger partial charge on any atom is -0.339 e. The molecule has 0 saturated heterocycles. The van der Waals surface area contributed by atoms with Gasteiger partial charge < -0.3 is 9.47 Å². The van der Waals surface area contributed by atoms with Crippen LogP contribution < -0.4 is 0 Å². The van der Waals surface area contributed by atoms with Gasteiger partial charge in [-0.25, -0.2) is 8.42 Å². The normalized spacial score (nSPS) is 12.5. The Balaban J connectivity index is 2.78. The molecule has 10 heteroatoms. The molecule has 5 nitrogen and oxygen atoms in total. The summed E-state index contributed by atoms with van der Waals surface area (Å²) in [7, 11) is -1.97. The molecular weight excluding hydrogens is 453 g/mol. The van der Waals surface area contributed by atoms with Crippen molar-refractivity contribution in [1.82, 2.24) is 9.47 Å². The van der Waals surface area contributed by atoms with E-state index in [0.717, 1.165) is 15.7 Å². The van der Waals surface area contributed by atoms with Crippen LogP contribution in [0.25, 0.3) is 11.1 Å². The van der Waals surface area contributed by atoms with Crippen molar-refractivity contribution in [3.63, 3.8) is 0 Å². The van der Waals surface area contributed by atoms with Gasteiger partial charge in [0.15, 0.2) is 0 Å². The minimum absolute atomic E-state index is 0.0235. The summed E-state index contributed by atoms with van der Waals surface area (Å²) < 4.78 is 66.2. The Labute approximate surface area is 185 Å². The molecule has 2 aromatic rings. The van der Waals surface area contributed by atoms with E-state index in [-0.39, 0.29) is 41.6 Å². The number of carbonyl (C=O) groups is 1. The SMILES string of the molecule is Cc1c(-c2ccc(Cl)cc2)c(C(=O)N(C)CCS(C)(=O)=O)n(CC(C)C)c1C(F)(F)F. The second-order valence-corrected chi connectivity index (χ2v) is 10.8. The van der Waals surface area contributed by atoms with Crippen LogP contribution in [0, 0.1) is 12.8 Å². The number of alkyl halides is 3. The van der Waals surface area contributed by atoms with Gasteiger partial charge in [-0.3, -0.25) is 4.79 Å². The van der Waals surface area contributed by atoms with E-state index in [1.807, 2.05) is 0 Å². The number of sulfone groups is 1. The monoisotopic (exact) mass is 478 g/mol. The first-order valence-corrected chi connectivity index (χ1v) is 12.1. The molecule has 0 saturated carbocycles. The highest BCUT2D eigenvalue weighted by Crippen LogP contribution is 2.41. The first-order chi connectivity index (χ1) is 14.1. The molecule has 1 aromatic heterocycles. The van der Waals surface area contributed by atoms with Crippen LogP contribution in [0.15, 0.2) is 24.3 Å². The Morgan fingerprint density at radius 2 is 1.74 bits per heavy atom. The van der Waals surface area contributed by atoms with Crippen LogP contribution in [0.2, 0.25) is 5.02 Å². The van der Waals surface area contributed by atoms with Gasteiger partial charge in [0.25, 0.3) is 5.91 Å². The summed E-state index contributed by atoms with van der Waals surface area (Å²) in [6.45, 7) is 4.71. The molecule has 1 aromatic carbocycles. The van der Waals surface area contributed by atoms with Crippen LogP contribution in [0.3, 0.4) is 0 Å². The average Bonchev–Trinajstić information content (AvgIpc) is 2.90. The van der Waals surface area contributed by atoms with E-state index in [9.17, 15) is 26.4 Å². The molecule has 0 unspecified atom stereocenters. The van der Waals surface area contributed by atoms with Gasteiger partial charge in [-0.1, -0.05) is 37.6 Å². The first kappa shape index (κ1) is 25.3. The van der Waals surface area contributed by atoms with Crippen LogP contribution in [-0.2, 0) is 22.6 Å². The lowest BCUT2D eigenvalue weighted by molar-refractivity contribution is -0.144. The van der Waals surface area contributed by atoms with Crippen LogP contribution >= 0.6 is 11.6 Å². The molecule has 0 N–H and O–H groups in total. The van der Waals surface area contributed by atoms with Gasteiger partial charge in [0.05, 0.1) is 5.75 Å². The van der Waals surface area contributed by atoms with E-state index >= 15 is 0 Å². The second kappa shape index (κ2) is 9.24. The molecule has 1 amide bonds. The summed E-state index contributed by atoms with van der Waals surface area (Å²) in [5.41, 5.74) is -0.464. The Morgan fingerprint density at radius 3 is 2.19 bits per heavy atom. The predicted octanol–water partition coefficient (Wildman–Crippen LogP) is 4.91. The van der Waals surface area contributed by atoms with Gasteiger partial charge in [0.2, 0.25) is 0 Å². The number of halogens is 4. The van der Waals surface area contributed by atoms with Gasteiger partial charge in [-0.15, -0.1) is 0 Å². The third-order valence-corrected chi connectivity index (χ3v) is 5.98. The molecule has 0 aliphatic heterocycles. The van der Waals surface area contributed by atoms with Crippen molar-refractivity contribution in [2.24, 2.45) is 5.92 Å². The second-order valence-electron chi connectivity index (χ2n) is 8.06. The Kier molecular flexibility index (Phi) is 7.53. The maximum Gasteiger partial charge on any atom is 0.431 e. The minimum atomic E-state index is -4.68. The fourth-order valence-corrected chi connectivity index (χ4v) is 4.17. The molecular formula is C21H26ClF3N2O3S. The zero-order valence-electron chi connectivity index (χ0n) is 18.0. The summed E-state index contributed by atoms with van der Waals surface area (Å²) in [6, 6.07) is 6.23. The van der Waals surface area contributed by atoms with Crippen molar-refractivity contribution in [1.29, 1.82) is 0 Å². The number of benzene rings is 1. The zero-order chi connectivity index (χ0) is 23.7. The van der Waals surface area contributed by atoms with Crippen LogP contribution in [0.5, 0.6) is 0 Å². The van der Waals surface area contributed by atoms with E-state index in [1.165, 1.54) is 14.0 Å². The molecule has 0 bridgehead atoms. The summed E-state index contributed by atoms with van der Waals surface area (Å²) in [6.07, 6.45) is -3.64. The lowest BCUT2D eigenvalue weighted by Gasteiger charge is -2.22. The molecule has 0 atom stereocenters. The van der Waals surface area contributed by atoms with Crippen LogP contribution in [0.4, 0.5) is 13.2 Å². The number of carbonyl (C=O) groups excluding carboxylic acids is 1. The number of hydrogen-bond donors (Lipinski definition) is 0. The lowest BCUT2D eigenvalue weighted by atomic mass is 10.00. The van der Waals surface area contributed by atoms with Crippen LogP contribution in [0.1, 0.15) is 35.6 Å². The Morgan fingerprint density at radius 1 is 1.19 bits per heavy atom. The molecule has 2 rings (SSSR count). The van der Waals surface area contributed by atoms with Crippen molar-refractivity contribution in [3.8, 4) is 11.1 Å². The smallest absolute Gasteiger partial charge is 0.339 e. The number of amides is 1. The van der Waals surface area contributed by atoms with Gasteiger partial charge in [-0.2, -0.15) is 13.2 Å². The van der Waals surface area contributed by atoms with E-state index < -0.39 is 27.6 Å². The van der Waals surface area contributed by atoms with Gasteiger partial charge in [0, 0.05) is 37.0 Å². The maximum atomic E-state index is 14.1. The number of hydrogen-bond acceptors (Lipinski definition) is 3. The third kappa shape index (κ3) is 6.04. The van der Waals surface area contributed by atoms with Crippen molar-refractivity contribution in [2.45, 2.75) is 33.5 Å². The fraction of sp³-hybridized carbons (Fsp3) is 0.476. The standard InChI is InChI=1S/C21H26ClF3N2O3S/c1-13(2)12-27-18(20(28)26(4)10-11-31(5,29)30)17(14(3)19(27)21(23,24)25)15-6-8-16(22)9-7-15/h6-9,13H,10-12H2,1-5H3. The van der Waals surface area contributed by atoms with Gasteiger partial charge >= 0.3 is 6.18 Å². The Bertz CT molecular complexity index is 1060. The van der Waals surface area contributed by atoms with E-state index in [4.69, 9.17) is 11.6 Å². The predicted molar refractivity (Wildman–Crippen MR) is 116 cm³/mol. The first-order valence-electron chi connectivity index (χ1n) is 9.63. The average molecular weight is 479 g/mol. The summed E-state index contributed by atoms with van der Waals surface area (Å²) >= 11 is 5.94. The largest absolute Gasteiger partial charge is 0.431 e. The highest BCUT2D eigenvalue weighted by molar-refractivity contribution is 7.90. The highest BCUT2D eigenvalue weighted by atomic mass is 35.5. The van der Waals surface area contributed by atoms with E-state index in [2.05, 4.69) is 0 Å². The zero-order valence-corrected chi connectivity index (χ0v) is 19.6. The molecule has 31 heavy (non-hydrogen) atoms. The fourth-order valence-electron chi connectivity index (χ4n) is 3.44. The summed E-state index contributed by atoms with van der Waals surface area (Å²) in [5.74, 6) is -1.13. The molecule has 0 aliphatic rings. The van der Waals surface area contributed by atoms with Crippen molar-refractivity contribution < 1.29 is 26.4 Å². The molecule has 1 heterocycles. The van der Waals surface area contributed by atoms with Crippen molar-refractivity contribution in [2.75, 3.05) is 25.6 Å². The molecule has 0 spiro atoms. The summed E-state index contributed by atoms with van der Waals surface area (Å²) in [5, 5.41) is 0.414. The topological polar surface area (TPSA) is 59.4 Å². The number of rotatable bonds is 7. The van der Waals surface area contributed by atoms with Crippen molar-refractivity contribution >= 4 is 27.3 Å². The van der Waals surface area contributed by atoms with Gasteiger partial charge in [-0.05, 0) is 36.1 Å². The lowest BCUT2D eigenvalue weighted by Crippen LogP contribution is -2.34. The maximum absolute atomic E-state index is 14.1. The van der Waals surface area contributed by atoms with Gasteiger partial charge in [0.1, 0.15) is 21.2 Å². The number of aromatic nitrogens is 1. The van der Waals surface area contributed by atoms with E-state index in [1.54, 1.807) is 38.1 Å². The number of nitrogens with zero attached hydrogens (tertiary/aromatic N) is 2. The quantitative estimate of drug-likeness (QED) is 0.568. The van der Waals surface area contributed by atoms with Crippen LogP contribution in [-0.4, -0.2) is 49.4 Å². The highest BCUT2D eigenvalue weighted by Gasteiger charge is 2.41. The molecule has 0 radical (unpaired) electrons. The van der Waals surface area contributed by atoms with E-state index in [0.29, 0.717) is 10.6 Å². The molecule has 0 fully saturated rings. The Hall–Kier alpha value is -2.00. The molecule has 0 aliphatic carbocycles. The van der Waals surface area contributed by atoms with Crippen molar-refractivity contribution in [3.05, 3.63) is 46.2 Å². The third-order valence-electron chi connectivity index (χ3n) is 4.80.